The minimum atomic E-state index is -1.87. The maximum absolute atomic E-state index is 14.4. The second-order valence-corrected chi connectivity index (χ2v) is 8.36. The molecule has 1 fully saturated rings. The van der Waals surface area contributed by atoms with E-state index < -0.39 is 40.5 Å². The molecule has 4 rings (SSSR count). The average molecular weight is 522 g/mol. The molecular weight excluding hydrogens is 502 g/mol. The molecule has 3 aromatic rings. The lowest BCUT2D eigenvalue weighted by molar-refractivity contribution is 0.0746. The summed E-state index contributed by atoms with van der Waals surface area (Å²) in [4.78, 5) is 29.0. The summed E-state index contributed by atoms with van der Waals surface area (Å²) in [7, 11) is 0.846. The predicted octanol–water partition coefficient (Wildman–Crippen LogP) is 5.12. The normalized spacial score (nSPS) is 13.5. The summed E-state index contributed by atoms with van der Waals surface area (Å²) in [6.45, 7) is 1.56. The summed E-state index contributed by atoms with van der Waals surface area (Å²) in [5.41, 5.74) is -0.211. The number of piperazine rings is 1. The van der Waals surface area contributed by atoms with E-state index in [0.717, 1.165) is 7.11 Å². The van der Waals surface area contributed by atoms with Crippen molar-refractivity contribution in [3.05, 3.63) is 87.9 Å². The van der Waals surface area contributed by atoms with Crippen LogP contribution in [0, 0.1) is 23.3 Å². The molecule has 1 heterocycles. The van der Waals surface area contributed by atoms with Gasteiger partial charge in [0.25, 0.3) is 11.8 Å². The minimum absolute atomic E-state index is 0.151. The van der Waals surface area contributed by atoms with Gasteiger partial charge in [0.05, 0.1) is 18.5 Å². The molecule has 11 heteroatoms. The highest BCUT2D eigenvalue weighted by atomic mass is 35.5. The first-order chi connectivity index (χ1) is 17.2. The van der Waals surface area contributed by atoms with Gasteiger partial charge in [0.2, 0.25) is 11.6 Å². The van der Waals surface area contributed by atoms with Gasteiger partial charge in [-0.2, -0.15) is 8.78 Å². The monoisotopic (exact) mass is 521 g/mol. The minimum Gasteiger partial charge on any atom is -0.491 e. The van der Waals surface area contributed by atoms with E-state index in [9.17, 15) is 27.2 Å². The van der Waals surface area contributed by atoms with Gasteiger partial charge in [0, 0.05) is 36.8 Å². The molecule has 1 aliphatic heterocycles. The van der Waals surface area contributed by atoms with Crippen LogP contribution in [0.5, 0.6) is 5.75 Å². The zero-order chi connectivity index (χ0) is 26.0. The van der Waals surface area contributed by atoms with Crippen LogP contribution < -0.4 is 15.0 Å². The van der Waals surface area contributed by atoms with Gasteiger partial charge >= 0.3 is 0 Å². The van der Waals surface area contributed by atoms with Crippen molar-refractivity contribution in [2.45, 2.75) is 0 Å². The molecule has 1 aliphatic rings. The van der Waals surface area contributed by atoms with E-state index in [2.05, 4.69) is 10.1 Å². The highest BCUT2D eigenvalue weighted by molar-refractivity contribution is 6.30. The van der Waals surface area contributed by atoms with Crippen LogP contribution in [0.1, 0.15) is 20.7 Å². The molecule has 1 N–H and O–H groups in total. The molecule has 36 heavy (non-hydrogen) atoms. The van der Waals surface area contributed by atoms with Gasteiger partial charge in [-0.1, -0.05) is 23.7 Å². The third kappa shape index (κ3) is 4.81. The molecule has 0 unspecified atom stereocenters. The van der Waals surface area contributed by atoms with Crippen molar-refractivity contribution in [3.63, 3.8) is 0 Å². The van der Waals surface area contributed by atoms with Gasteiger partial charge in [-0.3, -0.25) is 9.59 Å². The zero-order valence-corrected chi connectivity index (χ0v) is 19.7. The number of ether oxygens (including phenoxy) is 1. The van der Waals surface area contributed by atoms with Crippen LogP contribution in [0.25, 0.3) is 0 Å². The number of nitrogens with zero attached hydrogens (tertiary/aromatic N) is 2. The summed E-state index contributed by atoms with van der Waals surface area (Å²) in [6.07, 6.45) is 0. The van der Waals surface area contributed by atoms with Crippen LogP contribution >= 0.6 is 11.6 Å². The fourth-order valence-electron chi connectivity index (χ4n) is 3.96. The second-order valence-electron chi connectivity index (χ2n) is 7.92. The lowest BCUT2D eigenvalue weighted by Gasteiger charge is -2.37. The van der Waals surface area contributed by atoms with E-state index >= 15 is 0 Å². The van der Waals surface area contributed by atoms with Crippen LogP contribution in [-0.4, -0.2) is 50.0 Å². The SMILES string of the molecule is COc1c(F)c(F)c(C(=O)Nc2ccccc2N2CCN(C(=O)c3ccc(Cl)cc3)CC2)c(F)c1F. The molecule has 0 spiro atoms. The molecule has 0 radical (unpaired) electrons. The van der Waals surface area contributed by atoms with Crippen LogP contribution in [0.15, 0.2) is 48.5 Å². The van der Waals surface area contributed by atoms with Gasteiger partial charge in [0.15, 0.2) is 17.4 Å². The number of methoxy groups -OCH3 is 1. The van der Waals surface area contributed by atoms with Crippen molar-refractivity contribution in [1.29, 1.82) is 0 Å². The van der Waals surface area contributed by atoms with E-state index in [-0.39, 0.29) is 11.6 Å². The number of carbonyl (C=O) groups is 2. The number of hydrogen-bond acceptors (Lipinski definition) is 4. The first-order valence-electron chi connectivity index (χ1n) is 10.8. The molecule has 0 saturated carbocycles. The van der Waals surface area contributed by atoms with E-state index in [4.69, 9.17) is 11.6 Å². The molecule has 3 aromatic carbocycles. The Kier molecular flexibility index (Phi) is 7.35. The molecule has 1 saturated heterocycles. The Balaban J connectivity index is 1.51. The van der Waals surface area contributed by atoms with E-state index in [1.807, 2.05) is 4.90 Å². The van der Waals surface area contributed by atoms with E-state index in [0.29, 0.717) is 42.5 Å². The summed E-state index contributed by atoms with van der Waals surface area (Å²) in [6, 6.07) is 13.0. The van der Waals surface area contributed by atoms with E-state index in [1.54, 1.807) is 47.4 Å². The Hall–Kier alpha value is -3.79. The standard InChI is InChI=1S/C25H20ClF4N3O3/c1-36-23-21(29)19(27)18(20(28)22(23)30)24(34)31-16-4-2-3-5-17(16)32-10-12-33(13-11-32)25(35)14-6-8-15(26)9-7-14/h2-9H,10-13H2,1H3,(H,31,34). The number of anilines is 2. The molecule has 6 nitrogen and oxygen atoms in total. The van der Waals surface area contributed by atoms with Crippen molar-refractivity contribution in [2.75, 3.05) is 43.5 Å². The van der Waals surface area contributed by atoms with Gasteiger partial charge in [-0.25, -0.2) is 8.78 Å². The number of rotatable bonds is 5. The lowest BCUT2D eigenvalue weighted by atomic mass is 10.1. The number of carbonyl (C=O) groups excluding carboxylic acids is 2. The quantitative estimate of drug-likeness (QED) is 0.374. The molecule has 0 aliphatic carbocycles. The molecular formula is C25H20ClF4N3O3. The van der Waals surface area contributed by atoms with E-state index in [1.165, 1.54) is 6.07 Å². The number of nitrogens with one attached hydrogen (secondary N) is 1. The highest BCUT2D eigenvalue weighted by Gasteiger charge is 2.31. The third-order valence-electron chi connectivity index (χ3n) is 5.81. The fraction of sp³-hybridized carbons (Fsp3) is 0.200. The van der Waals surface area contributed by atoms with Crippen LogP contribution in [0.4, 0.5) is 28.9 Å². The Morgan fingerprint density at radius 3 is 2.03 bits per heavy atom. The maximum Gasteiger partial charge on any atom is 0.261 e. The molecule has 188 valence electrons. The van der Waals surface area contributed by atoms with Gasteiger partial charge < -0.3 is 19.9 Å². The number of hydrogen-bond donors (Lipinski definition) is 1. The third-order valence-corrected chi connectivity index (χ3v) is 6.06. The Morgan fingerprint density at radius 1 is 0.861 bits per heavy atom. The van der Waals surface area contributed by atoms with Crippen molar-refractivity contribution >= 4 is 34.8 Å². The predicted molar refractivity (Wildman–Crippen MR) is 127 cm³/mol. The Labute approximate surface area is 209 Å². The summed E-state index contributed by atoms with van der Waals surface area (Å²) < 4.78 is 61.3. The van der Waals surface area contributed by atoms with Crippen molar-refractivity contribution in [1.82, 2.24) is 4.90 Å². The van der Waals surface area contributed by atoms with Crippen LogP contribution in [0.3, 0.4) is 0 Å². The van der Waals surface area contributed by atoms with Crippen molar-refractivity contribution in [2.24, 2.45) is 0 Å². The summed E-state index contributed by atoms with van der Waals surface area (Å²) in [5.74, 6) is -10.1. The molecule has 2 amide bonds. The molecule has 0 atom stereocenters. The lowest BCUT2D eigenvalue weighted by Crippen LogP contribution is -2.49. The number of amides is 2. The Bertz CT molecular complexity index is 1280. The smallest absolute Gasteiger partial charge is 0.261 e. The summed E-state index contributed by atoms with van der Waals surface area (Å²) in [5, 5.41) is 2.86. The first kappa shape index (κ1) is 25.3. The second kappa shape index (κ2) is 10.4. The largest absolute Gasteiger partial charge is 0.491 e. The van der Waals surface area contributed by atoms with Crippen molar-refractivity contribution < 1.29 is 31.9 Å². The number of para-hydroxylation sites is 2. The molecule has 0 aromatic heterocycles. The van der Waals surface area contributed by atoms with Gasteiger partial charge in [0.1, 0.15) is 5.56 Å². The van der Waals surface area contributed by atoms with Gasteiger partial charge in [-0.15, -0.1) is 0 Å². The fourth-order valence-corrected chi connectivity index (χ4v) is 4.08. The highest BCUT2D eigenvalue weighted by Crippen LogP contribution is 2.32. The average Bonchev–Trinajstić information content (AvgIpc) is 2.88. The summed E-state index contributed by atoms with van der Waals surface area (Å²) >= 11 is 5.88. The first-order valence-corrected chi connectivity index (χ1v) is 11.2. The van der Waals surface area contributed by atoms with Crippen LogP contribution in [0.2, 0.25) is 5.02 Å². The van der Waals surface area contributed by atoms with Crippen molar-refractivity contribution in [3.8, 4) is 5.75 Å². The topological polar surface area (TPSA) is 61.9 Å². The number of halogens is 5. The van der Waals surface area contributed by atoms with Gasteiger partial charge in [-0.05, 0) is 36.4 Å². The Morgan fingerprint density at radius 2 is 1.44 bits per heavy atom. The molecule has 0 bridgehead atoms. The maximum atomic E-state index is 14.4. The van der Waals surface area contributed by atoms with Crippen LogP contribution in [-0.2, 0) is 0 Å². The number of benzene rings is 3. The zero-order valence-electron chi connectivity index (χ0n) is 19.0.